The van der Waals surface area contributed by atoms with E-state index < -0.39 is 11.4 Å². The van der Waals surface area contributed by atoms with Crippen LogP contribution in [0, 0.1) is 0 Å². The van der Waals surface area contributed by atoms with Crippen molar-refractivity contribution in [2.75, 3.05) is 18.0 Å². The lowest BCUT2D eigenvalue weighted by Crippen LogP contribution is -2.26. The van der Waals surface area contributed by atoms with Crippen LogP contribution >= 0.6 is 23.1 Å². The maximum absolute atomic E-state index is 11.9. The lowest BCUT2D eigenvalue weighted by atomic mass is 10.3. The number of thiophene rings is 1. The van der Waals surface area contributed by atoms with Crippen molar-refractivity contribution in [3.8, 4) is 0 Å². The molecule has 10 heteroatoms. The van der Waals surface area contributed by atoms with Crippen LogP contribution in [0.25, 0.3) is 10.2 Å². The Labute approximate surface area is 119 Å². The highest BCUT2D eigenvalue weighted by molar-refractivity contribution is 8.00. The molecule has 5 nitrogen and oxygen atoms in total. The highest BCUT2D eigenvalue weighted by Crippen LogP contribution is 2.32. The number of nitrogens with zero attached hydrogens (tertiary/aromatic N) is 2. The fraction of sp³-hybridized carbons (Fsp3) is 0.300. The molecule has 1 amide bonds. The fourth-order valence-corrected chi connectivity index (χ4v) is 2.84. The van der Waals surface area contributed by atoms with Crippen molar-refractivity contribution in [3.05, 3.63) is 17.1 Å². The zero-order chi connectivity index (χ0) is 14.8. The summed E-state index contributed by atoms with van der Waals surface area (Å²) >= 11 is 0.871. The van der Waals surface area contributed by atoms with Crippen LogP contribution in [0.1, 0.15) is 9.67 Å². The van der Waals surface area contributed by atoms with Gasteiger partial charge in [-0.05, 0) is 17.8 Å². The summed E-state index contributed by atoms with van der Waals surface area (Å²) in [5.74, 6) is -0.756. The number of hydrogen-bond acceptors (Lipinski definition) is 6. The molecule has 0 aliphatic heterocycles. The van der Waals surface area contributed by atoms with Crippen molar-refractivity contribution in [2.24, 2.45) is 0 Å². The average Bonchev–Trinajstić information content (AvgIpc) is 2.72. The van der Waals surface area contributed by atoms with E-state index in [1.54, 1.807) is 6.07 Å². The Morgan fingerprint density at radius 3 is 2.90 bits per heavy atom. The molecular weight excluding hydrogens is 313 g/mol. The van der Waals surface area contributed by atoms with Crippen molar-refractivity contribution in [1.82, 2.24) is 15.5 Å². The molecule has 2 aromatic heterocycles. The van der Waals surface area contributed by atoms with Crippen LogP contribution in [0.2, 0.25) is 0 Å². The number of nitrogens with one attached hydrogen (secondary N) is 1. The number of carbonyl (C=O) groups excluding carboxylic acids is 1. The summed E-state index contributed by atoms with van der Waals surface area (Å²) in [5, 5.41) is 10.5. The van der Waals surface area contributed by atoms with Gasteiger partial charge in [0.05, 0.1) is 11.9 Å². The number of anilines is 1. The van der Waals surface area contributed by atoms with Gasteiger partial charge >= 0.3 is 5.51 Å². The topological polar surface area (TPSA) is 80.9 Å². The van der Waals surface area contributed by atoms with E-state index in [-0.39, 0.29) is 34.6 Å². The second kappa shape index (κ2) is 5.83. The van der Waals surface area contributed by atoms with E-state index in [0.717, 1.165) is 11.3 Å². The first-order chi connectivity index (χ1) is 9.38. The zero-order valence-corrected chi connectivity index (χ0v) is 11.5. The molecule has 3 N–H and O–H groups in total. The smallest absolute Gasteiger partial charge is 0.397 e. The second-order valence-corrected chi connectivity index (χ2v) is 5.80. The molecule has 0 saturated carbocycles. The summed E-state index contributed by atoms with van der Waals surface area (Å²) in [7, 11) is 0. The van der Waals surface area contributed by atoms with Crippen LogP contribution < -0.4 is 11.1 Å². The molecule has 2 rings (SSSR count). The van der Waals surface area contributed by atoms with E-state index in [9.17, 15) is 18.0 Å². The van der Waals surface area contributed by atoms with E-state index in [1.165, 1.54) is 6.20 Å². The molecule has 108 valence electrons. The van der Waals surface area contributed by atoms with Gasteiger partial charge in [0.2, 0.25) is 0 Å². The Bertz CT molecular complexity index is 628. The third-order valence-corrected chi connectivity index (χ3v) is 4.12. The molecular formula is C10H9F3N4OS2. The molecule has 0 aromatic carbocycles. The maximum atomic E-state index is 11.9. The fourth-order valence-electron chi connectivity index (χ4n) is 1.45. The minimum Gasteiger partial charge on any atom is -0.397 e. The van der Waals surface area contributed by atoms with Gasteiger partial charge in [0.15, 0.2) is 0 Å². The summed E-state index contributed by atoms with van der Waals surface area (Å²) in [5.41, 5.74) is 1.78. The standard InChI is InChI=1S/C10H9F3N4OS2/c11-10(12,13)19-4-3-15-8(18)7-6(14)5-1-2-16-17-9(5)20-7/h1-2H,3-4,14H2,(H,15,18). The number of carbonyl (C=O) groups is 1. The van der Waals surface area contributed by atoms with Gasteiger partial charge in [-0.15, -0.1) is 16.4 Å². The SMILES string of the molecule is Nc1c(C(=O)NCCSC(F)(F)F)sc2nnccc12. The largest absolute Gasteiger partial charge is 0.441 e. The second-order valence-electron chi connectivity index (χ2n) is 3.65. The van der Waals surface area contributed by atoms with Crippen molar-refractivity contribution in [1.29, 1.82) is 0 Å². The molecule has 0 spiro atoms. The van der Waals surface area contributed by atoms with Gasteiger partial charge in [-0.1, -0.05) is 0 Å². The Hall–Kier alpha value is -1.55. The first-order valence-electron chi connectivity index (χ1n) is 5.37. The molecule has 0 unspecified atom stereocenters. The number of nitrogen functional groups attached to an aromatic ring is 1. The number of fused-ring (bicyclic) bond motifs is 1. The predicted molar refractivity (Wildman–Crippen MR) is 72.7 cm³/mol. The minimum absolute atomic E-state index is 0.0949. The third kappa shape index (κ3) is 3.51. The highest BCUT2D eigenvalue weighted by Gasteiger charge is 2.27. The van der Waals surface area contributed by atoms with Gasteiger partial charge in [0, 0.05) is 17.7 Å². The van der Waals surface area contributed by atoms with Gasteiger partial charge in [-0.2, -0.15) is 18.3 Å². The summed E-state index contributed by atoms with van der Waals surface area (Å²) in [4.78, 5) is 12.6. The molecule has 0 bridgehead atoms. The molecule has 0 aliphatic carbocycles. The Morgan fingerprint density at radius 1 is 1.50 bits per heavy atom. The van der Waals surface area contributed by atoms with Crippen molar-refractivity contribution in [3.63, 3.8) is 0 Å². The van der Waals surface area contributed by atoms with E-state index in [4.69, 9.17) is 5.73 Å². The van der Waals surface area contributed by atoms with Crippen LogP contribution in [-0.2, 0) is 0 Å². The zero-order valence-electron chi connectivity index (χ0n) is 9.90. The molecule has 2 heterocycles. The molecule has 20 heavy (non-hydrogen) atoms. The van der Waals surface area contributed by atoms with Gasteiger partial charge < -0.3 is 11.1 Å². The molecule has 2 aromatic rings. The van der Waals surface area contributed by atoms with Crippen LogP contribution in [0.4, 0.5) is 18.9 Å². The normalized spacial score (nSPS) is 11.8. The molecule has 0 fully saturated rings. The van der Waals surface area contributed by atoms with Gasteiger partial charge in [-0.25, -0.2) is 0 Å². The van der Waals surface area contributed by atoms with Gasteiger partial charge in [0.25, 0.3) is 5.91 Å². The van der Waals surface area contributed by atoms with E-state index >= 15 is 0 Å². The van der Waals surface area contributed by atoms with E-state index in [0.29, 0.717) is 10.2 Å². The monoisotopic (exact) mass is 322 g/mol. The van der Waals surface area contributed by atoms with Crippen molar-refractivity contribution < 1.29 is 18.0 Å². The van der Waals surface area contributed by atoms with Crippen LogP contribution in [-0.4, -0.2) is 33.9 Å². The first-order valence-corrected chi connectivity index (χ1v) is 7.17. The van der Waals surface area contributed by atoms with Crippen molar-refractivity contribution in [2.45, 2.75) is 5.51 Å². The highest BCUT2D eigenvalue weighted by atomic mass is 32.2. The average molecular weight is 322 g/mol. The Kier molecular flexibility index (Phi) is 4.33. The molecule has 0 atom stereocenters. The van der Waals surface area contributed by atoms with Gasteiger partial charge in [0.1, 0.15) is 9.71 Å². The number of hydrogen-bond donors (Lipinski definition) is 2. The summed E-state index contributed by atoms with van der Waals surface area (Å²) in [6.07, 6.45) is 1.45. The summed E-state index contributed by atoms with van der Waals surface area (Å²) in [6, 6.07) is 1.63. The van der Waals surface area contributed by atoms with Crippen molar-refractivity contribution >= 4 is 44.9 Å². The minimum atomic E-state index is -4.29. The number of nitrogens with two attached hydrogens (primary N) is 1. The number of aromatic nitrogens is 2. The Balaban J connectivity index is 1.99. The van der Waals surface area contributed by atoms with E-state index in [1.807, 2.05) is 0 Å². The molecule has 0 radical (unpaired) electrons. The number of amides is 1. The quantitative estimate of drug-likeness (QED) is 0.844. The third-order valence-electron chi connectivity index (χ3n) is 2.28. The lowest BCUT2D eigenvalue weighted by Gasteiger charge is -2.06. The number of alkyl halides is 3. The first kappa shape index (κ1) is 14.9. The maximum Gasteiger partial charge on any atom is 0.441 e. The number of thioether (sulfide) groups is 1. The van der Waals surface area contributed by atoms with Crippen LogP contribution in [0.15, 0.2) is 12.3 Å². The van der Waals surface area contributed by atoms with Crippen LogP contribution in [0.3, 0.4) is 0 Å². The van der Waals surface area contributed by atoms with Gasteiger partial charge in [-0.3, -0.25) is 4.79 Å². The van der Waals surface area contributed by atoms with Crippen LogP contribution in [0.5, 0.6) is 0 Å². The number of halogens is 3. The molecule has 0 aliphatic rings. The lowest BCUT2D eigenvalue weighted by molar-refractivity contribution is -0.0327. The summed E-state index contributed by atoms with van der Waals surface area (Å²) in [6.45, 7) is -0.0949. The summed E-state index contributed by atoms with van der Waals surface area (Å²) < 4.78 is 35.8. The predicted octanol–water partition coefficient (Wildman–Crippen LogP) is 2.26. The number of rotatable bonds is 4. The molecule has 0 saturated heterocycles. The Morgan fingerprint density at radius 2 is 2.25 bits per heavy atom. The van der Waals surface area contributed by atoms with E-state index in [2.05, 4.69) is 15.5 Å².